The number of rotatable bonds is 4. The number of aryl methyl sites for hydroxylation is 2. The van der Waals surface area contributed by atoms with E-state index in [1.807, 2.05) is 0 Å². The summed E-state index contributed by atoms with van der Waals surface area (Å²) in [4.78, 5) is 12.9. The summed E-state index contributed by atoms with van der Waals surface area (Å²) in [6.07, 6.45) is -1.40. The fourth-order valence-electron chi connectivity index (χ4n) is 3.44. The van der Waals surface area contributed by atoms with Crippen molar-refractivity contribution in [2.75, 3.05) is 6.61 Å². The van der Waals surface area contributed by atoms with E-state index < -0.39 is 17.7 Å². The van der Waals surface area contributed by atoms with Crippen LogP contribution in [0, 0.1) is 0 Å². The molecule has 0 spiro atoms. The minimum atomic E-state index is -4.47. The number of halogens is 3. The van der Waals surface area contributed by atoms with Crippen LogP contribution in [-0.4, -0.2) is 22.4 Å². The van der Waals surface area contributed by atoms with Crippen molar-refractivity contribution in [2.24, 2.45) is 7.05 Å². The van der Waals surface area contributed by atoms with Crippen molar-refractivity contribution in [3.05, 3.63) is 52.0 Å². The third kappa shape index (κ3) is 3.50. The largest absolute Gasteiger partial charge is 0.462 e. The predicted molar refractivity (Wildman–Crippen MR) is 101 cm³/mol. The zero-order valence-corrected chi connectivity index (χ0v) is 16.5. The highest BCUT2D eigenvalue weighted by Gasteiger charge is 2.33. The molecule has 4 rings (SSSR count). The predicted octanol–water partition coefficient (Wildman–Crippen LogP) is 5.24. The van der Waals surface area contributed by atoms with Gasteiger partial charge in [-0.3, -0.25) is 4.68 Å². The number of aromatic nitrogens is 2. The molecule has 0 radical (unpaired) electrons. The van der Waals surface area contributed by atoms with Gasteiger partial charge in [0.2, 0.25) is 0 Å². The van der Waals surface area contributed by atoms with Crippen LogP contribution in [0.15, 0.2) is 30.5 Å². The van der Waals surface area contributed by atoms with Gasteiger partial charge in [0.1, 0.15) is 10.6 Å². The van der Waals surface area contributed by atoms with Crippen molar-refractivity contribution in [1.29, 1.82) is 0 Å². The molecule has 3 aromatic rings. The average Bonchev–Trinajstić information content (AvgIpc) is 3.22. The Morgan fingerprint density at radius 2 is 2.10 bits per heavy atom. The van der Waals surface area contributed by atoms with Crippen molar-refractivity contribution in [1.82, 2.24) is 9.78 Å². The highest BCUT2D eigenvalue weighted by atomic mass is 32.1. The van der Waals surface area contributed by atoms with E-state index in [1.165, 1.54) is 12.1 Å². The Kier molecular flexibility index (Phi) is 4.85. The van der Waals surface area contributed by atoms with E-state index in [2.05, 4.69) is 5.10 Å². The maximum atomic E-state index is 13.1. The molecule has 0 bridgehead atoms. The third-order valence-corrected chi connectivity index (χ3v) is 5.79. The number of hydrogen-bond donors (Lipinski definition) is 0. The van der Waals surface area contributed by atoms with Crippen LogP contribution in [0.5, 0.6) is 10.8 Å². The fraction of sp³-hybridized carbons (Fsp3) is 0.300. The van der Waals surface area contributed by atoms with Gasteiger partial charge < -0.3 is 9.47 Å². The second-order valence-corrected chi connectivity index (χ2v) is 7.55. The molecule has 0 unspecified atom stereocenters. The highest BCUT2D eigenvalue weighted by Crippen LogP contribution is 2.49. The zero-order valence-electron chi connectivity index (χ0n) is 15.7. The molecule has 152 valence electrons. The summed E-state index contributed by atoms with van der Waals surface area (Å²) in [5.74, 6) is -0.410. The molecule has 0 saturated heterocycles. The van der Waals surface area contributed by atoms with Gasteiger partial charge in [-0.05, 0) is 49.1 Å². The maximum Gasteiger partial charge on any atom is 0.416 e. The quantitative estimate of drug-likeness (QED) is 0.540. The smallest absolute Gasteiger partial charge is 0.416 e. The second kappa shape index (κ2) is 7.22. The number of carbonyl (C=O) groups excluding carboxylic acids is 1. The van der Waals surface area contributed by atoms with Crippen molar-refractivity contribution < 1.29 is 27.4 Å². The summed E-state index contributed by atoms with van der Waals surface area (Å²) in [5.41, 5.74) is 2.48. The first kappa shape index (κ1) is 19.5. The first-order chi connectivity index (χ1) is 13.8. The van der Waals surface area contributed by atoms with Crippen LogP contribution in [0.4, 0.5) is 13.2 Å². The Morgan fingerprint density at radius 3 is 2.83 bits per heavy atom. The Balaban J connectivity index is 1.82. The molecule has 0 aliphatic heterocycles. The van der Waals surface area contributed by atoms with Crippen LogP contribution in [0.1, 0.15) is 33.3 Å². The van der Waals surface area contributed by atoms with E-state index in [1.54, 1.807) is 24.9 Å². The monoisotopic (exact) mass is 422 g/mol. The third-order valence-electron chi connectivity index (χ3n) is 4.70. The first-order valence-electron chi connectivity index (χ1n) is 8.98. The van der Waals surface area contributed by atoms with E-state index in [0.717, 1.165) is 40.3 Å². The van der Waals surface area contributed by atoms with Crippen LogP contribution in [0.2, 0.25) is 0 Å². The maximum absolute atomic E-state index is 13.1. The first-order valence-corrected chi connectivity index (χ1v) is 9.80. The van der Waals surface area contributed by atoms with Gasteiger partial charge in [-0.1, -0.05) is 17.4 Å². The number of nitrogens with zero attached hydrogens (tertiary/aromatic N) is 2. The van der Waals surface area contributed by atoms with Crippen LogP contribution in [0.25, 0.3) is 11.3 Å². The van der Waals surface area contributed by atoms with Gasteiger partial charge in [-0.15, -0.1) is 0 Å². The number of thiophene rings is 1. The normalized spacial score (nSPS) is 13.0. The van der Waals surface area contributed by atoms with Crippen LogP contribution < -0.4 is 4.74 Å². The summed E-state index contributed by atoms with van der Waals surface area (Å²) < 4.78 is 51.9. The number of alkyl halides is 3. The summed E-state index contributed by atoms with van der Waals surface area (Å²) in [5, 5.41) is 4.64. The fourth-order valence-corrected chi connectivity index (χ4v) is 4.56. The van der Waals surface area contributed by atoms with Gasteiger partial charge in [0.25, 0.3) is 0 Å². The molecule has 1 aromatic carbocycles. The molecule has 0 N–H and O–H groups in total. The Labute approximate surface area is 168 Å². The van der Waals surface area contributed by atoms with Crippen LogP contribution in [-0.2, 0) is 30.8 Å². The molecule has 0 atom stereocenters. The molecule has 1 aliphatic carbocycles. The van der Waals surface area contributed by atoms with E-state index >= 15 is 0 Å². The van der Waals surface area contributed by atoms with E-state index in [-0.39, 0.29) is 12.4 Å². The van der Waals surface area contributed by atoms with Gasteiger partial charge in [-0.25, -0.2) is 4.79 Å². The van der Waals surface area contributed by atoms with E-state index in [4.69, 9.17) is 9.47 Å². The van der Waals surface area contributed by atoms with Gasteiger partial charge in [0.05, 0.1) is 29.6 Å². The molecule has 0 fully saturated rings. The number of fused-ring (bicyclic) bond motifs is 3. The lowest BCUT2D eigenvalue weighted by molar-refractivity contribution is -0.137. The van der Waals surface area contributed by atoms with Gasteiger partial charge in [-0.2, -0.15) is 18.3 Å². The molecule has 5 nitrogen and oxygen atoms in total. The van der Waals surface area contributed by atoms with Gasteiger partial charge in [0.15, 0.2) is 5.06 Å². The molecular formula is C20H17F3N2O3S. The summed E-state index contributed by atoms with van der Waals surface area (Å²) in [6.45, 7) is 1.95. The van der Waals surface area contributed by atoms with E-state index in [0.29, 0.717) is 28.3 Å². The van der Waals surface area contributed by atoms with Crippen LogP contribution >= 0.6 is 11.3 Å². The topological polar surface area (TPSA) is 53.4 Å². The lowest BCUT2D eigenvalue weighted by Crippen LogP contribution is -2.10. The molecular weight excluding hydrogens is 405 g/mol. The number of benzene rings is 1. The molecule has 29 heavy (non-hydrogen) atoms. The Morgan fingerprint density at radius 1 is 1.31 bits per heavy atom. The number of esters is 1. The Bertz CT molecular complexity index is 1090. The van der Waals surface area contributed by atoms with Crippen LogP contribution in [0.3, 0.4) is 0 Å². The standard InChI is InChI=1S/C20H17F3N2O3S/c1-3-27-18(26)17-14-8-7-11-10-24-25(2)16(11)15(14)19(29-17)28-13-6-4-5-12(9-13)20(21,22)23/h4-6,9-10H,3,7-8H2,1-2H3. The molecule has 2 heterocycles. The van der Waals surface area contributed by atoms with Crippen molar-refractivity contribution in [2.45, 2.75) is 25.9 Å². The zero-order chi connectivity index (χ0) is 20.8. The van der Waals surface area contributed by atoms with Gasteiger partial charge in [0, 0.05) is 7.05 Å². The molecule has 9 heteroatoms. The van der Waals surface area contributed by atoms with Gasteiger partial charge >= 0.3 is 12.1 Å². The average molecular weight is 422 g/mol. The molecule has 0 amide bonds. The lowest BCUT2D eigenvalue weighted by atomic mass is 9.91. The Hall–Kier alpha value is -2.81. The highest BCUT2D eigenvalue weighted by molar-refractivity contribution is 7.16. The van der Waals surface area contributed by atoms with Crippen molar-refractivity contribution in [3.8, 4) is 22.1 Å². The van der Waals surface area contributed by atoms with Crippen molar-refractivity contribution in [3.63, 3.8) is 0 Å². The molecule has 2 aromatic heterocycles. The second-order valence-electron chi connectivity index (χ2n) is 6.56. The summed E-state index contributed by atoms with van der Waals surface area (Å²) >= 11 is 1.09. The molecule has 0 saturated carbocycles. The summed E-state index contributed by atoms with van der Waals surface area (Å²) in [7, 11) is 1.78. The minimum Gasteiger partial charge on any atom is -0.462 e. The molecule has 1 aliphatic rings. The number of carbonyl (C=O) groups is 1. The number of ether oxygens (including phenoxy) is 2. The van der Waals surface area contributed by atoms with E-state index in [9.17, 15) is 18.0 Å². The van der Waals surface area contributed by atoms with Crippen molar-refractivity contribution >= 4 is 17.3 Å². The lowest BCUT2D eigenvalue weighted by Gasteiger charge is -2.16. The number of hydrogen-bond acceptors (Lipinski definition) is 5. The SMILES string of the molecule is CCOC(=O)c1sc(Oc2cccc(C(F)(F)F)c2)c2c1CCc1cnn(C)c1-2. The summed E-state index contributed by atoms with van der Waals surface area (Å²) in [6, 6.07) is 4.68. The minimum absolute atomic E-state index is 0.0496.